The van der Waals surface area contributed by atoms with Crippen LogP contribution in [0.15, 0.2) is 84.6 Å². The predicted octanol–water partition coefficient (Wildman–Crippen LogP) is 4.93. The molecule has 0 aromatic heterocycles. The van der Waals surface area contributed by atoms with Crippen LogP contribution in [0.5, 0.6) is 5.75 Å². The number of hydrogen-bond donors (Lipinski definition) is 1. The number of rotatable bonds is 6. The van der Waals surface area contributed by atoms with Gasteiger partial charge in [0, 0.05) is 12.1 Å². The van der Waals surface area contributed by atoms with Gasteiger partial charge in [-0.1, -0.05) is 54.6 Å². The standard InChI is InChI=1S/C25H22FNO3/c1-30-21-13-9-18(10-14-21)22-23(19-7-11-20(26)12-8-19)27(25(29)24(22)28)16-15-17-5-3-2-4-6-17/h2-14,23,28H,15-16H2,1H3/t23-/m0/s1. The van der Waals surface area contributed by atoms with Crippen molar-refractivity contribution in [2.75, 3.05) is 13.7 Å². The van der Waals surface area contributed by atoms with E-state index in [1.165, 1.54) is 12.1 Å². The van der Waals surface area contributed by atoms with Gasteiger partial charge in [-0.2, -0.15) is 0 Å². The fraction of sp³-hybridized carbons (Fsp3) is 0.160. The lowest BCUT2D eigenvalue weighted by Crippen LogP contribution is -2.32. The number of carbonyl (C=O) groups excluding carboxylic acids is 1. The molecule has 5 heteroatoms. The summed E-state index contributed by atoms with van der Waals surface area (Å²) >= 11 is 0. The van der Waals surface area contributed by atoms with Gasteiger partial charge in [-0.05, 0) is 47.4 Å². The first kappa shape index (κ1) is 19.7. The van der Waals surface area contributed by atoms with Gasteiger partial charge in [0.25, 0.3) is 5.91 Å². The Bertz CT molecular complexity index is 1060. The van der Waals surface area contributed by atoms with Crippen LogP contribution in [0.4, 0.5) is 4.39 Å². The van der Waals surface area contributed by atoms with Gasteiger partial charge < -0.3 is 14.7 Å². The zero-order valence-electron chi connectivity index (χ0n) is 16.6. The summed E-state index contributed by atoms with van der Waals surface area (Å²) in [6.07, 6.45) is 0.646. The van der Waals surface area contributed by atoms with Crippen LogP contribution in [0.1, 0.15) is 22.7 Å². The molecule has 4 nitrogen and oxygen atoms in total. The number of hydrogen-bond acceptors (Lipinski definition) is 3. The molecule has 30 heavy (non-hydrogen) atoms. The number of ether oxygens (including phenoxy) is 1. The van der Waals surface area contributed by atoms with E-state index in [0.717, 1.165) is 16.7 Å². The van der Waals surface area contributed by atoms with Crippen molar-refractivity contribution >= 4 is 11.5 Å². The maximum atomic E-state index is 13.5. The first-order valence-electron chi connectivity index (χ1n) is 9.76. The van der Waals surface area contributed by atoms with E-state index in [1.54, 1.807) is 36.3 Å². The summed E-state index contributed by atoms with van der Waals surface area (Å²) < 4.78 is 18.8. The number of amides is 1. The van der Waals surface area contributed by atoms with Gasteiger partial charge in [0.15, 0.2) is 5.76 Å². The molecule has 3 aromatic carbocycles. The molecule has 0 bridgehead atoms. The Morgan fingerprint density at radius 2 is 1.63 bits per heavy atom. The molecule has 0 unspecified atom stereocenters. The van der Waals surface area contributed by atoms with Crippen molar-refractivity contribution in [3.05, 3.63) is 107 Å². The van der Waals surface area contributed by atoms with Crippen molar-refractivity contribution < 1.29 is 19.0 Å². The Labute approximate surface area is 174 Å². The maximum absolute atomic E-state index is 13.5. The number of halogens is 1. The molecule has 4 rings (SSSR count). The fourth-order valence-corrected chi connectivity index (χ4v) is 3.84. The summed E-state index contributed by atoms with van der Waals surface area (Å²) in [7, 11) is 1.58. The lowest BCUT2D eigenvalue weighted by atomic mass is 9.93. The minimum atomic E-state index is -0.504. The summed E-state index contributed by atoms with van der Waals surface area (Å²) in [5.74, 6) is -0.367. The molecule has 0 aliphatic carbocycles. The van der Waals surface area contributed by atoms with Crippen LogP contribution in [-0.2, 0) is 11.2 Å². The van der Waals surface area contributed by atoms with E-state index in [4.69, 9.17) is 4.74 Å². The zero-order chi connectivity index (χ0) is 21.1. The minimum Gasteiger partial charge on any atom is -0.503 e. The van der Waals surface area contributed by atoms with Crippen LogP contribution >= 0.6 is 0 Å². The Kier molecular flexibility index (Phi) is 5.53. The summed E-state index contributed by atoms with van der Waals surface area (Å²) in [6, 6.07) is 22.6. The monoisotopic (exact) mass is 403 g/mol. The summed E-state index contributed by atoms with van der Waals surface area (Å²) in [5.41, 5.74) is 3.08. The fourth-order valence-electron chi connectivity index (χ4n) is 3.84. The number of nitrogens with zero attached hydrogens (tertiary/aromatic N) is 1. The van der Waals surface area contributed by atoms with E-state index in [1.807, 2.05) is 42.5 Å². The predicted molar refractivity (Wildman–Crippen MR) is 114 cm³/mol. The van der Waals surface area contributed by atoms with Crippen molar-refractivity contribution in [1.29, 1.82) is 0 Å². The third kappa shape index (κ3) is 3.79. The number of aliphatic hydroxyl groups excluding tert-OH is 1. The number of methoxy groups -OCH3 is 1. The number of carbonyl (C=O) groups is 1. The van der Waals surface area contributed by atoms with Crippen molar-refractivity contribution in [2.45, 2.75) is 12.5 Å². The highest BCUT2D eigenvalue weighted by Crippen LogP contribution is 2.43. The lowest BCUT2D eigenvalue weighted by molar-refractivity contribution is -0.129. The van der Waals surface area contributed by atoms with Crippen LogP contribution in [-0.4, -0.2) is 29.6 Å². The van der Waals surface area contributed by atoms with Crippen molar-refractivity contribution in [3.8, 4) is 5.75 Å². The largest absolute Gasteiger partial charge is 0.503 e. The van der Waals surface area contributed by atoms with E-state index in [0.29, 0.717) is 24.3 Å². The first-order chi connectivity index (χ1) is 14.6. The van der Waals surface area contributed by atoms with Crippen LogP contribution in [0, 0.1) is 5.82 Å². The van der Waals surface area contributed by atoms with E-state index in [-0.39, 0.29) is 11.6 Å². The Morgan fingerprint density at radius 3 is 2.27 bits per heavy atom. The van der Waals surface area contributed by atoms with Crippen molar-refractivity contribution in [2.24, 2.45) is 0 Å². The zero-order valence-corrected chi connectivity index (χ0v) is 16.6. The SMILES string of the molecule is COc1ccc(C2=C(O)C(=O)N(CCc3ccccc3)[C@H]2c2ccc(F)cc2)cc1. The molecule has 1 aliphatic heterocycles. The van der Waals surface area contributed by atoms with Gasteiger partial charge in [-0.25, -0.2) is 4.39 Å². The van der Waals surface area contributed by atoms with Gasteiger partial charge >= 0.3 is 0 Å². The minimum absolute atomic E-state index is 0.275. The molecule has 1 amide bonds. The highest BCUT2D eigenvalue weighted by atomic mass is 19.1. The van der Waals surface area contributed by atoms with Gasteiger partial charge in [0.2, 0.25) is 0 Å². The second kappa shape index (κ2) is 8.41. The molecule has 0 spiro atoms. The third-order valence-corrected chi connectivity index (χ3v) is 5.37. The second-order valence-corrected chi connectivity index (χ2v) is 7.18. The van der Waals surface area contributed by atoms with Crippen LogP contribution in [0.3, 0.4) is 0 Å². The molecule has 1 aliphatic rings. The lowest BCUT2D eigenvalue weighted by Gasteiger charge is -2.27. The van der Waals surface area contributed by atoms with E-state index in [9.17, 15) is 14.3 Å². The highest BCUT2D eigenvalue weighted by molar-refractivity contribution is 6.05. The average molecular weight is 403 g/mol. The van der Waals surface area contributed by atoms with Gasteiger partial charge in [-0.15, -0.1) is 0 Å². The number of benzene rings is 3. The van der Waals surface area contributed by atoms with Crippen LogP contribution in [0.25, 0.3) is 5.57 Å². The molecule has 0 radical (unpaired) electrons. The summed E-state index contributed by atoms with van der Waals surface area (Å²) in [4.78, 5) is 14.7. The van der Waals surface area contributed by atoms with E-state index < -0.39 is 11.9 Å². The summed E-state index contributed by atoms with van der Waals surface area (Å²) in [6.45, 7) is 0.425. The van der Waals surface area contributed by atoms with Crippen molar-refractivity contribution in [1.82, 2.24) is 4.90 Å². The third-order valence-electron chi connectivity index (χ3n) is 5.37. The average Bonchev–Trinajstić information content (AvgIpc) is 3.04. The summed E-state index contributed by atoms with van der Waals surface area (Å²) in [5, 5.41) is 10.8. The molecule has 0 fully saturated rings. The smallest absolute Gasteiger partial charge is 0.289 e. The molecule has 1 atom stereocenters. The van der Waals surface area contributed by atoms with Crippen molar-refractivity contribution in [3.63, 3.8) is 0 Å². The quantitative estimate of drug-likeness (QED) is 0.635. The van der Waals surface area contributed by atoms with Crippen LogP contribution in [0.2, 0.25) is 0 Å². The maximum Gasteiger partial charge on any atom is 0.289 e. The normalized spacial score (nSPS) is 16.3. The Hall–Kier alpha value is -3.60. The molecular formula is C25H22FNO3. The molecular weight excluding hydrogens is 381 g/mol. The van der Waals surface area contributed by atoms with Gasteiger partial charge in [0.05, 0.1) is 13.2 Å². The molecule has 1 N–H and O–H groups in total. The van der Waals surface area contributed by atoms with Gasteiger partial charge in [-0.3, -0.25) is 4.79 Å². The first-order valence-corrected chi connectivity index (χ1v) is 9.76. The molecule has 3 aromatic rings. The molecule has 0 saturated heterocycles. The highest BCUT2D eigenvalue weighted by Gasteiger charge is 2.40. The Morgan fingerprint density at radius 1 is 0.967 bits per heavy atom. The van der Waals surface area contributed by atoms with E-state index in [2.05, 4.69) is 0 Å². The van der Waals surface area contributed by atoms with Gasteiger partial charge in [0.1, 0.15) is 11.6 Å². The topological polar surface area (TPSA) is 49.8 Å². The molecule has 152 valence electrons. The van der Waals surface area contributed by atoms with E-state index >= 15 is 0 Å². The Balaban J connectivity index is 1.72. The second-order valence-electron chi connectivity index (χ2n) is 7.18. The molecule has 1 heterocycles. The van der Waals surface area contributed by atoms with Crippen LogP contribution < -0.4 is 4.74 Å². The molecule has 0 saturated carbocycles. The number of aliphatic hydroxyl groups is 1.